The summed E-state index contributed by atoms with van der Waals surface area (Å²) in [6.07, 6.45) is 8.94. The van der Waals surface area contributed by atoms with Crippen molar-refractivity contribution in [1.29, 1.82) is 0 Å². The number of pyridine rings is 1. The maximum atomic E-state index is 14.4. The Morgan fingerprint density at radius 1 is 1.03 bits per heavy atom. The lowest BCUT2D eigenvalue weighted by Crippen LogP contribution is -2.38. The zero-order valence-corrected chi connectivity index (χ0v) is 18.4. The number of aromatic nitrogens is 3. The summed E-state index contributed by atoms with van der Waals surface area (Å²) in [6.45, 7) is 1.12. The minimum Gasteiger partial charge on any atom is -0.338 e. The number of hydrogen-bond acceptors (Lipinski definition) is 5. The number of hydrogen-bond donors (Lipinski definition) is 1. The van der Waals surface area contributed by atoms with E-state index in [-0.39, 0.29) is 17.6 Å². The monoisotopic (exact) mass is 443 g/mol. The first-order valence-electron chi connectivity index (χ1n) is 11.8. The lowest BCUT2D eigenvalue weighted by Gasteiger charge is -2.30. The molecule has 3 aromatic rings. The van der Waals surface area contributed by atoms with Crippen molar-refractivity contribution in [3.05, 3.63) is 65.9 Å². The third-order valence-corrected chi connectivity index (χ3v) is 7.38. The molecule has 6 nitrogen and oxygen atoms in total. The Morgan fingerprint density at radius 2 is 1.79 bits per heavy atom. The van der Waals surface area contributed by atoms with Crippen LogP contribution in [0.3, 0.4) is 0 Å². The van der Waals surface area contributed by atoms with E-state index < -0.39 is 0 Å². The topological polar surface area (TPSA) is 71.0 Å². The highest BCUT2D eigenvalue weighted by Crippen LogP contribution is 2.56. The van der Waals surface area contributed by atoms with E-state index in [1.807, 2.05) is 17.0 Å². The molecular formula is C26H26FN5O. The largest absolute Gasteiger partial charge is 0.338 e. The van der Waals surface area contributed by atoms with E-state index in [0.717, 1.165) is 16.8 Å². The summed E-state index contributed by atoms with van der Waals surface area (Å²) in [5.41, 5.74) is 2.99. The van der Waals surface area contributed by atoms with E-state index in [9.17, 15) is 9.18 Å². The second-order valence-electron chi connectivity index (χ2n) is 9.31. The number of fused-ring (bicyclic) bond motifs is 2. The van der Waals surface area contributed by atoms with Crippen LogP contribution in [0.1, 0.15) is 36.9 Å². The molecule has 0 bridgehead atoms. The van der Waals surface area contributed by atoms with E-state index in [2.05, 4.69) is 10.3 Å². The van der Waals surface area contributed by atoms with E-state index >= 15 is 0 Å². The first-order chi connectivity index (χ1) is 16.2. The molecule has 168 valence electrons. The molecule has 2 aromatic heterocycles. The van der Waals surface area contributed by atoms with Gasteiger partial charge in [0, 0.05) is 42.4 Å². The summed E-state index contributed by atoms with van der Waals surface area (Å²) in [5, 5.41) is 3.19. The normalized spacial score (nSPS) is 23.4. The Hall–Kier alpha value is -3.35. The van der Waals surface area contributed by atoms with Crippen molar-refractivity contribution >= 4 is 17.4 Å². The first kappa shape index (κ1) is 20.3. The van der Waals surface area contributed by atoms with Gasteiger partial charge < -0.3 is 10.2 Å². The second kappa shape index (κ2) is 8.21. The average molecular weight is 444 g/mol. The Morgan fingerprint density at radius 3 is 2.55 bits per heavy atom. The molecule has 1 aromatic carbocycles. The number of amides is 1. The van der Waals surface area contributed by atoms with Crippen LogP contribution in [-0.2, 0) is 17.8 Å². The molecule has 0 unspecified atom stereocenters. The number of benzene rings is 1. The fourth-order valence-corrected chi connectivity index (χ4v) is 5.60. The SMILES string of the molecule is O=C(C1[C@H]2CCCC[C@H]12)N1CCc2nc(-c3ccncc3)nc(Nc3ccccc3F)c2C1. The van der Waals surface area contributed by atoms with Gasteiger partial charge in [0.2, 0.25) is 5.91 Å². The van der Waals surface area contributed by atoms with Gasteiger partial charge in [-0.2, -0.15) is 0 Å². The van der Waals surface area contributed by atoms with Gasteiger partial charge in [-0.1, -0.05) is 25.0 Å². The molecule has 1 amide bonds. The van der Waals surface area contributed by atoms with E-state index in [1.165, 1.54) is 31.7 Å². The smallest absolute Gasteiger partial charge is 0.226 e. The van der Waals surface area contributed by atoms with Crippen LogP contribution in [0, 0.1) is 23.6 Å². The van der Waals surface area contributed by atoms with Crippen molar-refractivity contribution in [3.8, 4) is 11.4 Å². The molecular weight excluding hydrogens is 417 g/mol. The predicted molar refractivity (Wildman–Crippen MR) is 123 cm³/mol. The summed E-state index contributed by atoms with van der Waals surface area (Å²) >= 11 is 0. The van der Waals surface area contributed by atoms with Crippen molar-refractivity contribution in [3.63, 3.8) is 0 Å². The van der Waals surface area contributed by atoms with Crippen LogP contribution in [0.4, 0.5) is 15.9 Å². The van der Waals surface area contributed by atoms with Gasteiger partial charge in [-0.25, -0.2) is 14.4 Å². The summed E-state index contributed by atoms with van der Waals surface area (Å²) in [5.74, 6) is 2.40. The van der Waals surface area contributed by atoms with Crippen molar-refractivity contribution in [2.45, 2.75) is 38.6 Å². The van der Waals surface area contributed by atoms with Gasteiger partial charge in [0.1, 0.15) is 11.6 Å². The highest BCUT2D eigenvalue weighted by atomic mass is 19.1. The van der Waals surface area contributed by atoms with Gasteiger partial charge in [-0.05, 0) is 48.9 Å². The molecule has 3 aliphatic rings. The maximum Gasteiger partial charge on any atom is 0.226 e. The van der Waals surface area contributed by atoms with E-state index in [0.29, 0.717) is 48.7 Å². The number of nitrogens with one attached hydrogen (secondary N) is 1. The number of nitrogens with zero attached hydrogens (tertiary/aromatic N) is 4. The quantitative estimate of drug-likeness (QED) is 0.631. The third-order valence-electron chi connectivity index (χ3n) is 7.38. The number of para-hydroxylation sites is 1. The molecule has 0 radical (unpaired) electrons. The number of halogens is 1. The molecule has 2 saturated carbocycles. The molecule has 0 saturated heterocycles. The number of anilines is 2. The van der Waals surface area contributed by atoms with Crippen LogP contribution in [0.2, 0.25) is 0 Å². The molecule has 1 aliphatic heterocycles. The number of carbonyl (C=O) groups excluding carboxylic acids is 1. The molecule has 6 rings (SSSR count). The Kier molecular flexibility index (Phi) is 5.04. The Labute approximate surface area is 192 Å². The summed E-state index contributed by atoms with van der Waals surface area (Å²) < 4.78 is 14.4. The van der Waals surface area contributed by atoms with Crippen molar-refractivity contribution in [2.24, 2.45) is 17.8 Å². The minimum atomic E-state index is -0.346. The third kappa shape index (κ3) is 3.75. The summed E-state index contributed by atoms with van der Waals surface area (Å²) in [7, 11) is 0. The molecule has 2 aliphatic carbocycles. The molecule has 1 N–H and O–H groups in total. The Bertz CT molecular complexity index is 1190. The predicted octanol–water partition coefficient (Wildman–Crippen LogP) is 4.74. The Balaban J connectivity index is 1.34. The molecule has 7 heteroatoms. The average Bonchev–Trinajstić information content (AvgIpc) is 3.59. The van der Waals surface area contributed by atoms with Gasteiger partial charge in [0.05, 0.1) is 17.9 Å². The van der Waals surface area contributed by atoms with E-state index in [1.54, 1.807) is 30.6 Å². The van der Waals surface area contributed by atoms with Gasteiger partial charge in [0.25, 0.3) is 0 Å². The van der Waals surface area contributed by atoms with Crippen LogP contribution >= 0.6 is 0 Å². The molecule has 2 fully saturated rings. The highest BCUT2D eigenvalue weighted by molar-refractivity contribution is 5.83. The molecule has 3 heterocycles. The fraction of sp³-hybridized carbons (Fsp3) is 0.385. The van der Waals surface area contributed by atoms with Crippen LogP contribution in [-0.4, -0.2) is 32.3 Å². The maximum absolute atomic E-state index is 14.4. The standard InChI is InChI=1S/C26H26FN5O/c27-20-7-3-4-8-22(20)30-25-19-15-32(26(33)23-17-5-1-2-6-18(17)23)14-11-21(19)29-24(31-25)16-9-12-28-13-10-16/h3-4,7-10,12-13,17-18,23H,1-2,5-6,11,14-15H2,(H,29,30,31)/t17-,18-/m0/s1. The van der Waals surface area contributed by atoms with Gasteiger partial charge in [-0.15, -0.1) is 0 Å². The first-order valence-corrected chi connectivity index (χ1v) is 11.8. The number of rotatable bonds is 4. The van der Waals surface area contributed by atoms with Crippen LogP contribution in [0.25, 0.3) is 11.4 Å². The summed E-state index contributed by atoms with van der Waals surface area (Å²) in [6, 6.07) is 10.3. The van der Waals surface area contributed by atoms with Crippen molar-refractivity contribution < 1.29 is 9.18 Å². The van der Waals surface area contributed by atoms with Gasteiger partial charge >= 0.3 is 0 Å². The summed E-state index contributed by atoms with van der Waals surface area (Å²) in [4.78, 5) is 29.0. The van der Waals surface area contributed by atoms with Crippen LogP contribution in [0.5, 0.6) is 0 Å². The van der Waals surface area contributed by atoms with Crippen molar-refractivity contribution in [2.75, 3.05) is 11.9 Å². The molecule has 33 heavy (non-hydrogen) atoms. The van der Waals surface area contributed by atoms with Gasteiger partial charge in [0.15, 0.2) is 5.82 Å². The van der Waals surface area contributed by atoms with Gasteiger partial charge in [-0.3, -0.25) is 9.78 Å². The fourth-order valence-electron chi connectivity index (χ4n) is 5.60. The zero-order chi connectivity index (χ0) is 22.4. The minimum absolute atomic E-state index is 0.189. The number of carbonyl (C=O) groups is 1. The van der Waals surface area contributed by atoms with E-state index in [4.69, 9.17) is 9.97 Å². The lowest BCUT2D eigenvalue weighted by molar-refractivity contribution is -0.134. The zero-order valence-electron chi connectivity index (χ0n) is 18.4. The molecule has 2 atom stereocenters. The van der Waals surface area contributed by atoms with Crippen LogP contribution < -0.4 is 5.32 Å². The lowest BCUT2D eigenvalue weighted by atomic mass is 10.0. The highest BCUT2D eigenvalue weighted by Gasteiger charge is 2.56. The van der Waals surface area contributed by atoms with Crippen LogP contribution in [0.15, 0.2) is 48.8 Å². The second-order valence-corrected chi connectivity index (χ2v) is 9.31. The molecule has 0 spiro atoms. The van der Waals surface area contributed by atoms with Crippen molar-refractivity contribution in [1.82, 2.24) is 19.9 Å².